The lowest BCUT2D eigenvalue weighted by Crippen LogP contribution is -2.25. The molecule has 0 aromatic carbocycles. The molecule has 7 heteroatoms. The Labute approximate surface area is 90.7 Å². The van der Waals surface area contributed by atoms with E-state index >= 15 is 0 Å². The Bertz CT molecular complexity index is 368. The first-order chi connectivity index (χ1) is 7.34. The van der Waals surface area contributed by atoms with Gasteiger partial charge in [0.15, 0.2) is 0 Å². The van der Waals surface area contributed by atoms with E-state index in [1.165, 1.54) is 18.9 Å². The van der Waals surface area contributed by atoms with Crippen LogP contribution >= 0.6 is 0 Å². The van der Waals surface area contributed by atoms with Crippen LogP contribution in [0.4, 0.5) is 19.1 Å². The van der Waals surface area contributed by atoms with E-state index in [4.69, 9.17) is 5.11 Å². The van der Waals surface area contributed by atoms with Gasteiger partial charge in [-0.3, -0.25) is 0 Å². The van der Waals surface area contributed by atoms with E-state index < -0.39 is 11.9 Å². The number of nitrogens with zero attached hydrogens (tertiary/aromatic N) is 3. The minimum Gasteiger partial charge on any atom is -0.395 e. The van der Waals surface area contributed by atoms with Crippen molar-refractivity contribution < 1.29 is 18.3 Å². The molecule has 0 fully saturated rings. The van der Waals surface area contributed by atoms with Crippen molar-refractivity contribution in [2.24, 2.45) is 0 Å². The highest BCUT2D eigenvalue weighted by Gasteiger charge is 2.33. The van der Waals surface area contributed by atoms with Crippen LogP contribution in [0.1, 0.15) is 11.4 Å². The Balaban J connectivity index is 3.08. The number of hydrogen-bond acceptors (Lipinski definition) is 4. The van der Waals surface area contributed by atoms with Crippen LogP contribution < -0.4 is 4.90 Å². The maximum atomic E-state index is 12.4. The number of rotatable bonds is 3. The van der Waals surface area contributed by atoms with Crippen LogP contribution in [0.5, 0.6) is 0 Å². The molecular weight excluding hydrogens is 223 g/mol. The first kappa shape index (κ1) is 12.7. The third-order valence-corrected chi connectivity index (χ3v) is 1.91. The van der Waals surface area contributed by atoms with Gasteiger partial charge in [-0.15, -0.1) is 0 Å². The molecule has 0 spiro atoms. The number of aryl methyl sites for hydroxylation is 1. The van der Waals surface area contributed by atoms with Gasteiger partial charge in [0.1, 0.15) is 5.69 Å². The highest BCUT2D eigenvalue weighted by atomic mass is 19.4. The van der Waals surface area contributed by atoms with Gasteiger partial charge in [0.2, 0.25) is 5.95 Å². The summed E-state index contributed by atoms with van der Waals surface area (Å²) in [5, 5.41) is 8.68. The highest BCUT2D eigenvalue weighted by Crippen LogP contribution is 2.28. The summed E-state index contributed by atoms with van der Waals surface area (Å²) in [6.07, 6.45) is -4.48. The fraction of sp³-hybridized carbons (Fsp3) is 0.556. The van der Waals surface area contributed by atoms with Crippen molar-refractivity contribution in [1.82, 2.24) is 9.97 Å². The van der Waals surface area contributed by atoms with E-state index in [0.29, 0.717) is 0 Å². The van der Waals surface area contributed by atoms with E-state index in [0.717, 1.165) is 6.07 Å². The van der Waals surface area contributed by atoms with Crippen LogP contribution in [0.3, 0.4) is 0 Å². The Morgan fingerprint density at radius 3 is 2.50 bits per heavy atom. The van der Waals surface area contributed by atoms with Gasteiger partial charge in [0, 0.05) is 19.3 Å². The second kappa shape index (κ2) is 4.65. The molecule has 0 aliphatic rings. The van der Waals surface area contributed by atoms with Crippen molar-refractivity contribution in [2.75, 3.05) is 25.1 Å². The van der Waals surface area contributed by atoms with Gasteiger partial charge in [-0.2, -0.15) is 13.2 Å². The van der Waals surface area contributed by atoms with Crippen LogP contribution in [-0.4, -0.2) is 35.3 Å². The summed E-state index contributed by atoms with van der Waals surface area (Å²) in [5.41, 5.74) is -0.734. The maximum Gasteiger partial charge on any atom is 0.433 e. The molecule has 0 unspecified atom stereocenters. The molecule has 16 heavy (non-hydrogen) atoms. The van der Waals surface area contributed by atoms with Crippen LogP contribution in [0.25, 0.3) is 0 Å². The predicted molar refractivity (Wildman–Crippen MR) is 52.1 cm³/mol. The quantitative estimate of drug-likeness (QED) is 0.856. The Morgan fingerprint density at radius 2 is 2.00 bits per heavy atom. The van der Waals surface area contributed by atoms with Crippen molar-refractivity contribution in [2.45, 2.75) is 13.1 Å². The molecule has 4 nitrogen and oxygen atoms in total. The van der Waals surface area contributed by atoms with Gasteiger partial charge < -0.3 is 10.0 Å². The molecule has 1 rings (SSSR count). The molecule has 1 aromatic heterocycles. The molecule has 0 aliphatic heterocycles. The minimum absolute atomic E-state index is 0.0404. The second-order valence-corrected chi connectivity index (χ2v) is 3.34. The predicted octanol–water partition coefficient (Wildman–Crippen LogP) is 1.23. The topological polar surface area (TPSA) is 49.2 Å². The summed E-state index contributed by atoms with van der Waals surface area (Å²) < 4.78 is 37.3. The number of likely N-dealkylation sites (N-methyl/N-ethyl adjacent to an activating group) is 1. The normalized spacial score (nSPS) is 11.6. The lowest BCUT2D eigenvalue weighted by Gasteiger charge is -2.17. The van der Waals surface area contributed by atoms with E-state index in [9.17, 15) is 13.2 Å². The lowest BCUT2D eigenvalue weighted by molar-refractivity contribution is -0.141. The van der Waals surface area contributed by atoms with E-state index in [-0.39, 0.29) is 24.8 Å². The summed E-state index contributed by atoms with van der Waals surface area (Å²) in [6.45, 7) is 1.48. The standard InChI is InChI=1S/C9H12F3N3O/c1-6-5-7(9(10,11)12)14-8(13-6)15(2)3-4-16/h5,16H,3-4H2,1-2H3. The van der Waals surface area contributed by atoms with Crippen LogP contribution in [0, 0.1) is 6.92 Å². The van der Waals surface area contributed by atoms with Crippen molar-refractivity contribution in [3.05, 3.63) is 17.5 Å². The summed E-state index contributed by atoms with van der Waals surface area (Å²) in [6, 6.07) is 0.885. The van der Waals surface area contributed by atoms with Crippen LogP contribution in [0.15, 0.2) is 6.07 Å². The summed E-state index contributed by atoms with van der Waals surface area (Å²) in [4.78, 5) is 8.64. The number of aromatic nitrogens is 2. The average molecular weight is 235 g/mol. The number of alkyl halides is 3. The van der Waals surface area contributed by atoms with E-state index in [2.05, 4.69) is 9.97 Å². The molecule has 1 heterocycles. The third kappa shape index (κ3) is 3.06. The summed E-state index contributed by atoms with van der Waals surface area (Å²) >= 11 is 0. The van der Waals surface area contributed by atoms with Gasteiger partial charge in [-0.05, 0) is 13.0 Å². The van der Waals surface area contributed by atoms with E-state index in [1.807, 2.05) is 0 Å². The Hall–Kier alpha value is -1.37. The molecule has 0 bridgehead atoms. The molecule has 0 radical (unpaired) electrons. The Kier molecular flexibility index (Phi) is 3.69. The summed E-state index contributed by atoms with van der Waals surface area (Å²) in [5.74, 6) is -0.0404. The van der Waals surface area contributed by atoms with Crippen molar-refractivity contribution >= 4 is 5.95 Å². The van der Waals surface area contributed by atoms with Gasteiger partial charge in [-0.1, -0.05) is 0 Å². The minimum atomic E-state index is -4.48. The zero-order chi connectivity index (χ0) is 12.3. The summed E-state index contributed by atoms with van der Waals surface area (Å²) in [7, 11) is 1.52. The zero-order valence-corrected chi connectivity index (χ0v) is 8.91. The molecule has 1 aromatic rings. The molecule has 90 valence electrons. The number of halogens is 3. The maximum absolute atomic E-state index is 12.4. The fourth-order valence-electron chi connectivity index (χ4n) is 1.12. The SMILES string of the molecule is Cc1cc(C(F)(F)F)nc(N(C)CCO)n1. The first-order valence-electron chi connectivity index (χ1n) is 4.59. The molecule has 0 atom stereocenters. The van der Waals surface area contributed by atoms with Gasteiger partial charge in [0.25, 0.3) is 0 Å². The average Bonchev–Trinajstić information content (AvgIpc) is 2.16. The highest BCUT2D eigenvalue weighted by molar-refractivity contribution is 5.31. The molecule has 1 N–H and O–H groups in total. The van der Waals surface area contributed by atoms with E-state index in [1.54, 1.807) is 0 Å². The first-order valence-corrected chi connectivity index (χ1v) is 4.59. The monoisotopic (exact) mass is 235 g/mol. The molecule has 0 saturated heterocycles. The fourth-order valence-corrected chi connectivity index (χ4v) is 1.12. The lowest BCUT2D eigenvalue weighted by atomic mass is 10.3. The van der Waals surface area contributed by atoms with Gasteiger partial charge in [-0.25, -0.2) is 9.97 Å². The van der Waals surface area contributed by atoms with Crippen LogP contribution in [0.2, 0.25) is 0 Å². The van der Waals surface area contributed by atoms with Crippen molar-refractivity contribution in [1.29, 1.82) is 0 Å². The largest absolute Gasteiger partial charge is 0.433 e. The zero-order valence-electron chi connectivity index (χ0n) is 8.91. The number of anilines is 1. The molecule has 0 aliphatic carbocycles. The second-order valence-electron chi connectivity index (χ2n) is 3.34. The van der Waals surface area contributed by atoms with Crippen LogP contribution in [-0.2, 0) is 6.18 Å². The molecule has 0 saturated carbocycles. The van der Waals surface area contributed by atoms with Crippen molar-refractivity contribution in [3.8, 4) is 0 Å². The molecular formula is C9H12F3N3O. The van der Waals surface area contributed by atoms with Gasteiger partial charge >= 0.3 is 6.18 Å². The smallest absolute Gasteiger partial charge is 0.395 e. The van der Waals surface area contributed by atoms with Crippen molar-refractivity contribution in [3.63, 3.8) is 0 Å². The molecule has 0 amide bonds. The number of aliphatic hydroxyl groups is 1. The Morgan fingerprint density at radius 1 is 1.38 bits per heavy atom. The van der Waals surface area contributed by atoms with Gasteiger partial charge in [0.05, 0.1) is 6.61 Å². The number of aliphatic hydroxyl groups excluding tert-OH is 1. The third-order valence-electron chi connectivity index (χ3n) is 1.91. The number of hydrogen-bond donors (Lipinski definition) is 1.